The lowest BCUT2D eigenvalue weighted by Gasteiger charge is -2.09. The zero-order chi connectivity index (χ0) is 21.1. The van der Waals surface area contributed by atoms with Crippen molar-refractivity contribution in [3.05, 3.63) is 54.0 Å². The van der Waals surface area contributed by atoms with E-state index in [1.165, 1.54) is 6.07 Å². The molecule has 1 aliphatic carbocycles. The SMILES string of the molecule is CN(C)C(=O)C1CC1c1ccc(-c2ccccc2F)nc1.O=C(O)C(F)(F)F. The van der Waals surface area contributed by atoms with E-state index in [-0.39, 0.29) is 23.6 Å². The molecular formula is C19H18F4N2O3. The number of halogens is 4. The number of aliphatic carboxylic acids is 1. The Balaban J connectivity index is 0.000000345. The summed E-state index contributed by atoms with van der Waals surface area (Å²) in [4.78, 5) is 26.7. The lowest BCUT2D eigenvalue weighted by molar-refractivity contribution is -0.192. The molecule has 1 heterocycles. The molecule has 1 aromatic carbocycles. The van der Waals surface area contributed by atoms with Crippen molar-refractivity contribution in [2.24, 2.45) is 5.92 Å². The largest absolute Gasteiger partial charge is 0.490 e. The third-order valence-electron chi connectivity index (χ3n) is 4.16. The van der Waals surface area contributed by atoms with Gasteiger partial charge in [0.25, 0.3) is 0 Å². The third-order valence-corrected chi connectivity index (χ3v) is 4.16. The third kappa shape index (κ3) is 5.28. The first-order chi connectivity index (χ1) is 13.0. The van der Waals surface area contributed by atoms with E-state index in [2.05, 4.69) is 4.98 Å². The number of hydrogen-bond acceptors (Lipinski definition) is 3. The maximum atomic E-state index is 13.7. The molecule has 0 saturated heterocycles. The Labute approximate surface area is 158 Å². The average molecular weight is 398 g/mol. The van der Waals surface area contributed by atoms with Crippen LogP contribution in [0.3, 0.4) is 0 Å². The summed E-state index contributed by atoms with van der Waals surface area (Å²) < 4.78 is 45.4. The Kier molecular flexibility index (Phi) is 6.37. The number of carboxylic acid groups (broad SMARTS) is 1. The van der Waals surface area contributed by atoms with Crippen LogP contribution >= 0.6 is 0 Å². The van der Waals surface area contributed by atoms with Crippen LogP contribution in [0.25, 0.3) is 11.3 Å². The molecule has 9 heteroatoms. The molecule has 1 saturated carbocycles. The first kappa shape index (κ1) is 21.3. The van der Waals surface area contributed by atoms with Crippen LogP contribution in [0.2, 0.25) is 0 Å². The molecule has 0 spiro atoms. The molecule has 5 nitrogen and oxygen atoms in total. The summed E-state index contributed by atoms with van der Waals surface area (Å²) in [6, 6.07) is 10.4. The van der Waals surface area contributed by atoms with E-state index in [0.717, 1.165) is 12.0 Å². The van der Waals surface area contributed by atoms with Gasteiger partial charge in [-0.15, -0.1) is 0 Å². The zero-order valence-electron chi connectivity index (χ0n) is 15.1. The molecule has 3 rings (SSSR count). The minimum absolute atomic E-state index is 0.0705. The fourth-order valence-corrected chi connectivity index (χ4v) is 2.62. The van der Waals surface area contributed by atoms with Crippen LogP contribution < -0.4 is 0 Å². The van der Waals surface area contributed by atoms with Crippen molar-refractivity contribution in [3.8, 4) is 11.3 Å². The summed E-state index contributed by atoms with van der Waals surface area (Å²) in [5.74, 6) is -2.54. The number of rotatable bonds is 3. The highest BCUT2D eigenvalue weighted by atomic mass is 19.4. The molecule has 2 aromatic rings. The van der Waals surface area contributed by atoms with E-state index in [4.69, 9.17) is 9.90 Å². The average Bonchev–Trinajstić information content (AvgIpc) is 3.42. The fourth-order valence-electron chi connectivity index (χ4n) is 2.62. The molecule has 1 aromatic heterocycles. The number of aromatic nitrogens is 1. The van der Waals surface area contributed by atoms with Gasteiger partial charge < -0.3 is 10.0 Å². The predicted molar refractivity (Wildman–Crippen MR) is 92.9 cm³/mol. The maximum Gasteiger partial charge on any atom is 0.490 e. The van der Waals surface area contributed by atoms with Crippen LogP contribution in [0, 0.1) is 11.7 Å². The van der Waals surface area contributed by atoms with Gasteiger partial charge in [0, 0.05) is 31.8 Å². The summed E-state index contributed by atoms with van der Waals surface area (Å²) >= 11 is 0. The van der Waals surface area contributed by atoms with Gasteiger partial charge in [-0.25, -0.2) is 9.18 Å². The molecule has 0 radical (unpaired) electrons. The van der Waals surface area contributed by atoms with E-state index < -0.39 is 12.1 Å². The van der Waals surface area contributed by atoms with E-state index in [1.54, 1.807) is 43.4 Å². The second-order valence-electron chi connectivity index (χ2n) is 6.44. The van der Waals surface area contributed by atoms with Crippen molar-refractivity contribution in [1.29, 1.82) is 0 Å². The van der Waals surface area contributed by atoms with Gasteiger partial charge in [0.15, 0.2) is 0 Å². The number of alkyl halides is 3. The van der Waals surface area contributed by atoms with Gasteiger partial charge >= 0.3 is 12.1 Å². The number of hydrogen-bond donors (Lipinski definition) is 1. The maximum absolute atomic E-state index is 13.7. The summed E-state index contributed by atoms with van der Waals surface area (Å²) in [6.45, 7) is 0. The Hall–Kier alpha value is -2.97. The van der Waals surface area contributed by atoms with Crippen LogP contribution in [0.5, 0.6) is 0 Å². The molecule has 28 heavy (non-hydrogen) atoms. The zero-order valence-corrected chi connectivity index (χ0v) is 15.1. The summed E-state index contributed by atoms with van der Waals surface area (Å²) in [5.41, 5.74) is 2.17. The Morgan fingerprint density at radius 3 is 2.21 bits per heavy atom. The van der Waals surface area contributed by atoms with Crippen LogP contribution in [-0.4, -0.2) is 47.1 Å². The highest BCUT2D eigenvalue weighted by molar-refractivity contribution is 5.82. The Morgan fingerprint density at radius 2 is 1.75 bits per heavy atom. The number of pyridine rings is 1. The van der Waals surface area contributed by atoms with Gasteiger partial charge in [0.05, 0.1) is 5.69 Å². The monoisotopic (exact) mass is 398 g/mol. The van der Waals surface area contributed by atoms with E-state index in [9.17, 15) is 22.4 Å². The quantitative estimate of drug-likeness (QED) is 0.801. The van der Waals surface area contributed by atoms with Crippen molar-refractivity contribution >= 4 is 11.9 Å². The van der Waals surface area contributed by atoms with Gasteiger partial charge in [-0.1, -0.05) is 18.2 Å². The summed E-state index contributed by atoms with van der Waals surface area (Å²) in [7, 11) is 3.55. The van der Waals surface area contributed by atoms with Gasteiger partial charge in [0.1, 0.15) is 5.82 Å². The first-order valence-electron chi connectivity index (χ1n) is 8.24. The summed E-state index contributed by atoms with van der Waals surface area (Å²) in [5, 5.41) is 7.12. The lowest BCUT2D eigenvalue weighted by Crippen LogP contribution is -2.23. The number of carbonyl (C=O) groups is 2. The molecule has 1 N–H and O–H groups in total. The Bertz CT molecular complexity index is 851. The number of amides is 1. The second kappa shape index (κ2) is 8.37. The van der Waals surface area contributed by atoms with Crippen molar-refractivity contribution in [2.75, 3.05) is 14.1 Å². The fraction of sp³-hybridized carbons (Fsp3) is 0.316. The summed E-state index contributed by atoms with van der Waals surface area (Å²) in [6.07, 6.45) is -2.45. The molecule has 0 bridgehead atoms. The minimum atomic E-state index is -5.08. The number of carbonyl (C=O) groups excluding carboxylic acids is 1. The molecule has 2 atom stereocenters. The predicted octanol–water partition coefficient (Wildman–Crippen LogP) is 3.71. The van der Waals surface area contributed by atoms with E-state index in [0.29, 0.717) is 11.3 Å². The van der Waals surface area contributed by atoms with Crippen molar-refractivity contribution in [2.45, 2.75) is 18.5 Å². The van der Waals surface area contributed by atoms with E-state index >= 15 is 0 Å². The second-order valence-corrected chi connectivity index (χ2v) is 6.44. The normalized spacial score (nSPS) is 17.9. The van der Waals surface area contributed by atoms with Gasteiger partial charge in [-0.2, -0.15) is 13.2 Å². The molecule has 1 amide bonds. The van der Waals surface area contributed by atoms with Crippen molar-refractivity contribution in [1.82, 2.24) is 9.88 Å². The van der Waals surface area contributed by atoms with Gasteiger partial charge in [-0.05, 0) is 36.1 Å². The minimum Gasteiger partial charge on any atom is -0.475 e. The number of benzene rings is 1. The first-order valence-corrected chi connectivity index (χ1v) is 8.24. The topological polar surface area (TPSA) is 70.5 Å². The highest BCUT2D eigenvalue weighted by Gasteiger charge is 2.44. The van der Waals surface area contributed by atoms with E-state index in [1.807, 2.05) is 12.1 Å². The van der Waals surface area contributed by atoms with Crippen molar-refractivity contribution in [3.63, 3.8) is 0 Å². The highest BCUT2D eigenvalue weighted by Crippen LogP contribution is 2.48. The molecule has 1 aliphatic rings. The van der Waals surface area contributed by atoms with Gasteiger partial charge in [-0.3, -0.25) is 9.78 Å². The molecule has 150 valence electrons. The standard InChI is InChI=1S/C17H17FN2O.C2HF3O2/c1-20(2)17(21)14-9-13(14)11-7-8-16(19-10-11)12-5-3-4-6-15(12)18;3-2(4,5)1(6)7/h3-8,10,13-14H,9H2,1-2H3;(H,6,7). The van der Waals surface area contributed by atoms with Crippen molar-refractivity contribution < 1.29 is 32.3 Å². The van der Waals surface area contributed by atoms with Crippen LogP contribution in [0.4, 0.5) is 17.6 Å². The van der Waals surface area contributed by atoms with Crippen LogP contribution in [0.1, 0.15) is 17.9 Å². The smallest absolute Gasteiger partial charge is 0.475 e. The number of carboxylic acids is 1. The molecule has 2 unspecified atom stereocenters. The molecule has 0 aliphatic heterocycles. The van der Waals surface area contributed by atoms with Gasteiger partial charge in [0.2, 0.25) is 5.91 Å². The lowest BCUT2D eigenvalue weighted by atomic mass is 10.1. The molecular weight excluding hydrogens is 380 g/mol. The molecule has 1 fully saturated rings. The van der Waals surface area contributed by atoms with Crippen LogP contribution in [0.15, 0.2) is 42.6 Å². The Morgan fingerprint density at radius 1 is 1.14 bits per heavy atom. The number of nitrogens with zero attached hydrogens (tertiary/aromatic N) is 2. The van der Waals surface area contributed by atoms with Crippen LogP contribution in [-0.2, 0) is 9.59 Å².